The molecule has 0 bridgehead atoms. The first-order valence-corrected chi connectivity index (χ1v) is 8.61. The number of nitrogens with zero attached hydrogens (tertiary/aromatic N) is 1. The van der Waals surface area contributed by atoms with Gasteiger partial charge in [0.15, 0.2) is 0 Å². The van der Waals surface area contributed by atoms with E-state index in [4.69, 9.17) is 4.74 Å². The minimum Gasteiger partial charge on any atom is -0.450 e. The van der Waals surface area contributed by atoms with Crippen LogP contribution in [0.1, 0.15) is 39.0 Å². The van der Waals surface area contributed by atoms with Crippen LogP contribution in [-0.2, 0) is 14.3 Å². The minimum atomic E-state index is -0.281. The maximum Gasteiger partial charge on any atom is 0.409 e. The number of hydrogen-bond donors (Lipinski definition) is 2. The molecule has 128 valence electrons. The minimum absolute atomic E-state index is 0.0180. The van der Waals surface area contributed by atoms with Gasteiger partial charge in [0.05, 0.1) is 18.4 Å². The van der Waals surface area contributed by atoms with E-state index in [0.717, 1.165) is 25.7 Å². The van der Waals surface area contributed by atoms with Crippen molar-refractivity contribution in [1.29, 1.82) is 0 Å². The summed E-state index contributed by atoms with van der Waals surface area (Å²) in [7, 11) is 0. The third kappa shape index (κ3) is 4.14. The van der Waals surface area contributed by atoms with Crippen molar-refractivity contribution in [2.75, 3.05) is 19.7 Å². The molecule has 2 saturated carbocycles. The largest absolute Gasteiger partial charge is 0.450 e. The molecule has 3 fully saturated rings. The van der Waals surface area contributed by atoms with Gasteiger partial charge in [-0.2, -0.15) is 0 Å². The van der Waals surface area contributed by atoms with Crippen LogP contribution in [0.25, 0.3) is 0 Å². The van der Waals surface area contributed by atoms with Crippen LogP contribution < -0.4 is 10.6 Å². The third-order valence-corrected chi connectivity index (χ3v) is 4.76. The smallest absolute Gasteiger partial charge is 0.409 e. The summed E-state index contributed by atoms with van der Waals surface area (Å²) in [6, 6.07) is 0.430. The normalized spacial score (nSPS) is 27.3. The van der Waals surface area contributed by atoms with Crippen LogP contribution >= 0.6 is 0 Å². The lowest BCUT2D eigenvalue weighted by atomic mass is 10.1. The Kier molecular flexibility index (Phi) is 4.73. The van der Waals surface area contributed by atoms with E-state index in [1.54, 1.807) is 11.8 Å². The van der Waals surface area contributed by atoms with E-state index < -0.39 is 0 Å². The molecule has 1 saturated heterocycles. The molecule has 0 aromatic heterocycles. The summed E-state index contributed by atoms with van der Waals surface area (Å²) < 4.78 is 4.98. The van der Waals surface area contributed by atoms with E-state index in [1.807, 2.05) is 0 Å². The third-order valence-electron chi connectivity index (χ3n) is 4.76. The van der Waals surface area contributed by atoms with E-state index in [-0.39, 0.29) is 35.8 Å². The average Bonchev–Trinajstić information content (AvgIpc) is 3.42. The first-order valence-electron chi connectivity index (χ1n) is 8.61. The van der Waals surface area contributed by atoms with Gasteiger partial charge in [0.1, 0.15) is 0 Å². The van der Waals surface area contributed by atoms with Gasteiger partial charge in [-0.3, -0.25) is 9.59 Å². The molecule has 0 radical (unpaired) electrons. The van der Waals surface area contributed by atoms with Crippen molar-refractivity contribution in [3.63, 3.8) is 0 Å². The molecule has 0 spiro atoms. The second kappa shape index (κ2) is 6.76. The van der Waals surface area contributed by atoms with Gasteiger partial charge in [0, 0.05) is 25.2 Å². The van der Waals surface area contributed by atoms with Gasteiger partial charge in [0.25, 0.3) is 0 Å². The quantitative estimate of drug-likeness (QED) is 0.777. The standard InChI is InChI=1S/C16H25N3O4/c1-2-23-16(22)19-7-5-11(6-8-19)18-15(21)13-9-12(13)14(20)17-10-3-4-10/h10-13H,2-9H2,1H3,(H,17,20)(H,18,21). The molecule has 2 unspecified atom stereocenters. The highest BCUT2D eigenvalue weighted by Crippen LogP contribution is 2.39. The fourth-order valence-corrected chi connectivity index (χ4v) is 3.04. The Hall–Kier alpha value is -1.79. The molecule has 2 aliphatic carbocycles. The van der Waals surface area contributed by atoms with E-state index in [2.05, 4.69) is 10.6 Å². The van der Waals surface area contributed by atoms with Crippen LogP contribution in [0.4, 0.5) is 4.79 Å². The van der Waals surface area contributed by atoms with Crippen molar-refractivity contribution in [1.82, 2.24) is 15.5 Å². The van der Waals surface area contributed by atoms with Gasteiger partial charge in [0.2, 0.25) is 11.8 Å². The molecule has 0 aromatic carbocycles. The van der Waals surface area contributed by atoms with Gasteiger partial charge in [-0.25, -0.2) is 4.79 Å². The molecule has 3 rings (SSSR count). The van der Waals surface area contributed by atoms with Crippen molar-refractivity contribution in [2.24, 2.45) is 11.8 Å². The maximum atomic E-state index is 12.2. The summed E-state index contributed by atoms with van der Waals surface area (Å²) in [6.07, 6.45) is 3.97. The molecule has 7 heteroatoms. The van der Waals surface area contributed by atoms with Crippen LogP contribution in [0.2, 0.25) is 0 Å². The van der Waals surface area contributed by atoms with Gasteiger partial charge in [-0.15, -0.1) is 0 Å². The van der Waals surface area contributed by atoms with Crippen molar-refractivity contribution in [3.8, 4) is 0 Å². The summed E-state index contributed by atoms with van der Waals surface area (Å²) in [5.41, 5.74) is 0. The molecule has 2 atom stereocenters. The molecule has 0 aromatic rings. The molecule has 2 N–H and O–H groups in total. The van der Waals surface area contributed by atoms with Gasteiger partial charge in [-0.1, -0.05) is 0 Å². The maximum absolute atomic E-state index is 12.2. The fourth-order valence-electron chi connectivity index (χ4n) is 3.04. The Labute approximate surface area is 136 Å². The summed E-state index contributed by atoms with van der Waals surface area (Å²) >= 11 is 0. The Morgan fingerprint density at radius 2 is 1.48 bits per heavy atom. The van der Waals surface area contributed by atoms with Crippen LogP contribution in [0, 0.1) is 11.8 Å². The van der Waals surface area contributed by atoms with Gasteiger partial charge < -0.3 is 20.3 Å². The lowest BCUT2D eigenvalue weighted by Gasteiger charge is -2.31. The van der Waals surface area contributed by atoms with E-state index in [0.29, 0.717) is 32.2 Å². The lowest BCUT2D eigenvalue weighted by Crippen LogP contribution is -2.47. The van der Waals surface area contributed by atoms with E-state index >= 15 is 0 Å². The van der Waals surface area contributed by atoms with E-state index in [1.165, 1.54) is 0 Å². The Bertz CT molecular complexity index is 484. The Balaban J connectivity index is 1.36. The molecular formula is C16H25N3O4. The van der Waals surface area contributed by atoms with Crippen molar-refractivity contribution in [2.45, 2.75) is 51.1 Å². The molecule has 1 heterocycles. The van der Waals surface area contributed by atoms with Gasteiger partial charge >= 0.3 is 6.09 Å². The highest BCUT2D eigenvalue weighted by atomic mass is 16.6. The van der Waals surface area contributed by atoms with Crippen LogP contribution in [0.3, 0.4) is 0 Å². The summed E-state index contributed by atoms with van der Waals surface area (Å²) in [4.78, 5) is 37.4. The summed E-state index contributed by atoms with van der Waals surface area (Å²) in [5.74, 6) is -0.299. The molecule has 23 heavy (non-hydrogen) atoms. The number of likely N-dealkylation sites (tertiary alicyclic amines) is 1. The highest BCUT2D eigenvalue weighted by Gasteiger charge is 2.49. The second-order valence-corrected chi connectivity index (χ2v) is 6.70. The zero-order chi connectivity index (χ0) is 16.4. The number of ether oxygens (including phenoxy) is 1. The average molecular weight is 323 g/mol. The predicted molar refractivity (Wildman–Crippen MR) is 82.5 cm³/mol. The molecule has 1 aliphatic heterocycles. The van der Waals surface area contributed by atoms with Crippen molar-refractivity contribution >= 4 is 17.9 Å². The van der Waals surface area contributed by atoms with Crippen molar-refractivity contribution < 1.29 is 19.1 Å². The zero-order valence-electron chi connectivity index (χ0n) is 13.5. The predicted octanol–water partition coefficient (Wildman–Crippen LogP) is 0.638. The second-order valence-electron chi connectivity index (χ2n) is 6.70. The SMILES string of the molecule is CCOC(=O)N1CCC(NC(=O)C2CC2C(=O)NC2CC2)CC1. The summed E-state index contributed by atoms with van der Waals surface area (Å²) in [6.45, 7) is 3.36. The highest BCUT2D eigenvalue weighted by molar-refractivity contribution is 5.92. The topological polar surface area (TPSA) is 87.7 Å². The first kappa shape index (κ1) is 16.1. The van der Waals surface area contributed by atoms with Crippen LogP contribution in [-0.4, -0.2) is 54.6 Å². The monoisotopic (exact) mass is 323 g/mol. The number of amides is 3. The number of carbonyl (C=O) groups is 3. The number of rotatable bonds is 5. The number of carbonyl (C=O) groups excluding carboxylic acids is 3. The molecular weight excluding hydrogens is 298 g/mol. The molecule has 3 aliphatic rings. The van der Waals surface area contributed by atoms with Crippen molar-refractivity contribution in [3.05, 3.63) is 0 Å². The van der Waals surface area contributed by atoms with Crippen LogP contribution in [0.15, 0.2) is 0 Å². The Morgan fingerprint density at radius 1 is 0.957 bits per heavy atom. The number of nitrogens with one attached hydrogen (secondary N) is 2. The fraction of sp³-hybridized carbons (Fsp3) is 0.812. The lowest BCUT2D eigenvalue weighted by molar-refractivity contribution is -0.127. The molecule has 3 amide bonds. The molecule has 7 nitrogen and oxygen atoms in total. The first-order chi connectivity index (χ1) is 11.1. The zero-order valence-corrected chi connectivity index (χ0v) is 13.5. The Morgan fingerprint density at radius 3 is 1.96 bits per heavy atom. The van der Waals surface area contributed by atoms with Gasteiger partial charge in [-0.05, 0) is 39.0 Å². The van der Waals surface area contributed by atoms with E-state index in [9.17, 15) is 14.4 Å². The van der Waals surface area contributed by atoms with Crippen LogP contribution in [0.5, 0.6) is 0 Å². The number of hydrogen-bond acceptors (Lipinski definition) is 4. The number of piperidine rings is 1. The summed E-state index contributed by atoms with van der Waals surface area (Å²) in [5, 5.41) is 5.99.